The van der Waals surface area contributed by atoms with Gasteiger partial charge >= 0.3 is 0 Å². The van der Waals surface area contributed by atoms with Gasteiger partial charge in [-0.2, -0.15) is 10.2 Å². The van der Waals surface area contributed by atoms with Crippen LogP contribution in [0.1, 0.15) is 5.56 Å². The van der Waals surface area contributed by atoms with E-state index in [-0.39, 0.29) is 0 Å². The molecule has 0 radical (unpaired) electrons. The van der Waals surface area contributed by atoms with Gasteiger partial charge in [0.1, 0.15) is 0 Å². The van der Waals surface area contributed by atoms with Crippen molar-refractivity contribution in [2.75, 3.05) is 7.05 Å². The van der Waals surface area contributed by atoms with Crippen molar-refractivity contribution in [3.63, 3.8) is 0 Å². The number of hydrogen-bond donors (Lipinski definition) is 1. The standard InChI is InChI=1S/C6H9N3/c1-7-4-6-2-3-8-9-5-6/h2-3,5,7H,4H2,1H3. The smallest absolute Gasteiger partial charge is 0.0541 e. The zero-order chi connectivity index (χ0) is 6.53. The van der Waals surface area contributed by atoms with Gasteiger partial charge in [0.05, 0.1) is 6.20 Å². The predicted octanol–water partition coefficient (Wildman–Crippen LogP) is 0.196. The topological polar surface area (TPSA) is 37.8 Å². The average Bonchev–Trinajstić information content (AvgIpc) is 1.91. The van der Waals surface area contributed by atoms with Gasteiger partial charge in [-0.05, 0) is 18.7 Å². The van der Waals surface area contributed by atoms with E-state index in [4.69, 9.17) is 0 Å². The summed E-state index contributed by atoms with van der Waals surface area (Å²) in [5.74, 6) is 0. The molecule has 0 aromatic carbocycles. The van der Waals surface area contributed by atoms with Gasteiger partial charge in [0.25, 0.3) is 0 Å². The second kappa shape index (κ2) is 3.14. The quantitative estimate of drug-likeness (QED) is 0.610. The summed E-state index contributed by atoms with van der Waals surface area (Å²) in [5.41, 5.74) is 1.16. The number of nitrogens with one attached hydrogen (secondary N) is 1. The fourth-order valence-electron chi connectivity index (χ4n) is 0.627. The average molecular weight is 123 g/mol. The van der Waals surface area contributed by atoms with Crippen molar-refractivity contribution in [3.05, 3.63) is 24.0 Å². The lowest BCUT2D eigenvalue weighted by Gasteiger charge is -1.94. The summed E-state index contributed by atoms with van der Waals surface area (Å²) in [4.78, 5) is 0. The van der Waals surface area contributed by atoms with E-state index in [0.29, 0.717) is 0 Å². The van der Waals surface area contributed by atoms with Crippen LogP contribution in [0, 0.1) is 0 Å². The maximum Gasteiger partial charge on any atom is 0.0541 e. The Hall–Kier alpha value is -0.960. The van der Waals surface area contributed by atoms with Crippen LogP contribution in [0.4, 0.5) is 0 Å². The van der Waals surface area contributed by atoms with Crippen LogP contribution in [0.2, 0.25) is 0 Å². The van der Waals surface area contributed by atoms with Crippen molar-refractivity contribution in [3.8, 4) is 0 Å². The van der Waals surface area contributed by atoms with Gasteiger partial charge < -0.3 is 5.32 Å². The maximum atomic E-state index is 3.71. The van der Waals surface area contributed by atoms with E-state index in [2.05, 4.69) is 15.5 Å². The Labute approximate surface area is 54.1 Å². The molecule has 0 aliphatic rings. The third-order valence-corrected chi connectivity index (χ3v) is 1.03. The summed E-state index contributed by atoms with van der Waals surface area (Å²) < 4.78 is 0. The van der Waals surface area contributed by atoms with Gasteiger partial charge in [-0.3, -0.25) is 0 Å². The van der Waals surface area contributed by atoms with Gasteiger partial charge in [-0.15, -0.1) is 0 Å². The van der Waals surface area contributed by atoms with E-state index >= 15 is 0 Å². The normalized spacial score (nSPS) is 9.44. The Balaban J connectivity index is 2.61. The number of nitrogens with zero attached hydrogens (tertiary/aromatic N) is 2. The molecule has 0 atom stereocenters. The van der Waals surface area contributed by atoms with Crippen LogP contribution in [0.3, 0.4) is 0 Å². The predicted molar refractivity (Wildman–Crippen MR) is 34.8 cm³/mol. The van der Waals surface area contributed by atoms with Crippen LogP contribution in [0.25, 0.3) is 0 Å². The molecule has 0 bridgehead atoms. The van der Waals surface area contributed by atoms with Crippen LogP contribution in [-0.4, -0.2) is 17.2 Å². The Morgan fingerprint density at radius 2 is 2.44 bits per heavy atom. The van der Waals surface area contributed by atoms with Crippen LogP contribution < -0.4 is 5.32 Å². The number of hydrogen-bond acceptors (Lipinski definition) is 3. The minimum Gasteiger partial charge on any atom is -0.316 e. The Bertz CT molecular complexity index is 161. The molecule has 0 saturated heterocycles. The Kier molecular flexibility index (Phi) is 2.15. The molecule has 3 heteroatoms. The molecule has 3 nitrogen and oxygen atoms in total. The lowest BCUT2D eigenvalue weighted by molar-refractivity contribution is 0.805. The van der Waals surface area contributed by atoms with Gasteiger partial charge in [0, 0.05) is 12.7 Å². The zero-order valence-electron chi connectivity index (χ0n) is 5.33. The van der Waals surface area contributed by atoms with E-state index in [0.717, 1.165) is 12.1 Å². The molecule has 1 N–H and O–H groups in total. The third kappa shape index (κ3) is 1.77. The summed E-state index contributed by atoms with van der Waals surface area (Å²) in [6.45, 7) is 0.857. The molecule has 0 aliphatic heterocycles. The first-order chi connectivity index (χ1) is 4.43. The van der Waals surface area contributed by atoms with Crippen molar-refractivity contribution in [2.45, 2.75) is 6.54 Å². The summed E-state index contributed by atoms with van der Waals surface area (Å²) >= 11 is 0. The minimum absolute atomic E-state index is 0.857. The highest BCUT2D eigenvalue weighted by Gasteiger charge is 1.85. The van der Waals surface area contributed by atoms with Crippen LogP contribution in [-0.2, 0) is 6.54 Å². The molecule has 1 rings (SSSR count). The lowest BCUT2D eigenvalue weighted by Crippen LogP contribution is -2.05. The summed E-state index contributed by atoms with van der Waals surface area (Å²) in [6, 6.07) is 1.93. The molecule has 9 heavy (non-hydrogen) atoms. The van der Waals surface area contributed by atoms with E-state index in [1.165, 1.54) is 0 Å². The van der Waals surface area contributed by atoms with E-state index in [9.17, 15) is 0 Å². The summed E-state index contributed by atoms with van der Waals surface area (Å²) in [6.07, 6.45) is 3.43. The fourth-order valence-corrected chi connectivity index (χ4v) is 0.627. The molecule has 0 fully saturated rings. The minimum atomic E-state index is 0.857. The Morgan fingerprint density at radius 1 is 1.56 bits per heavy atom. The number of aromatic nitrogens is 2. The molecule has 0 aliphatic carbocycles. The van der Waals surface area contributed by atoms with Crippen molar-refractivity contribution < 1.29 is 0 Å². The van der Waals surface area contributed by atoms with Crippen LogP contribution in [0.5, 0.6) is 0 Å². The molecule has 0 saturated carbocycles. The second-order valence-electron chi connectivity index (χ2n) is 1.78. The third-order valence-electron chi connectivity index (χ3n) is 1.03. The molecule has 1 aromatic heterocycles. The highest BCUT2D eigenvalue weighted by Crippen LogP contribution is 1.90. The summed E-state index contributed by atoms with van der Waals surface area (Å²) in [5, 5.41) is 10.4. The fraction of sp³-hybridized carbons (Fsp3) is 0.333. The molecular weight excluding hydrogens is 114 g/mol. The maximum absolute atomic E-state index is 3.71. The molecule has 0 amide bonds. The number of rotatable bonds is 2. The van der Waals surface area contributed by atoms with E-state index < -0.39 is 0 Å². The molecule has 1 heterocycles. The van der Waals surface area contributed by atoms with E-state index in [1.807, 2.05) is 13.1 Å². The van der Waals surface area contributed by atoms with Gasteiger partial charge in [-0.25, -0.2) is 0 Å². The largest absolute Gasteiger partial charge is 0.316 e. The van der Waals surface area contributed by atoms with Crippen molar-refractivity contribution >= 4 is 0 Å². The van der Waals surface area contributed by atoms with Gasteiger partial charge in [-0.1, -0.05) is 0 Å². The highest BCUT2D eigenvalue weighted by molar-refractivity contribution is 5.03. The van der Waals surface area contributed by atoms with Crippen LogP contribution in [0.15, 0.2) is 18.5 Å². The summed E-state index contributed by atoms with van der Waals surface area (Å²) in [7, 11) is 1.90. The monoisotopic (exact) mass is 123 g/mol. The highest BCUT2D eigenvalue weighted by atomic mass is 15.1. The Morgan fingerprint density at radius 3 is 3.00 bits per heavy atom. The zero-order valence-corrected chi connectivity index (χ0v) is 5.33. The second-order valence-corrected chi connectivity index (χ2v) is 1.78. The lowest BCUT2D eigenvalue weighted by atomic mass is 10.3. The first-order valence-corrected chi connectivity index (χ1v) is 2.83. The molecule has 0 unspecified atom stereocenters. The molecule has 48 valence electrons. The first kappa shape index (κ1) is 6.16. The van der Waals surface area contributed by atoms with Gasteiger partial charge in [0.15, 0.2) is 0 Å². The van der Waals surface area contributed by atoms with E-state index in [1.54, 1.807) is 12.4 Å². The van der Waals surface area contributed by atoms with Crippen molar-refractivity contribution in [2.24, 2.45) is 0 Å². The molecule has 0 spiro atoms. The SMILES string of the molecule is CNCc1ccnnc1. The molecular formula is C6H9N3. The van der Waals surface area contributed by atoms with Crippen LogP contribution >= 0.6 is 0 Å². The van der Waals surface area contributed by atoms with Crippen molar-refractivity contribution in [1.82, 2.24) is 15.5 Å². The first-order valence-electron chi connectivity index (χ1n) is 2.83. The van der Waals surface area contributed by atoms with Crippen molar-refractivity contribution in [1.29, 1.82) is 0 Å². The molecule has 1 aromatic rings. The van der Waals surface area contributed by atoms with Gasteiger partial charge in [0.2, 0.25) is 0 Å².